The van der Waals surface area contributed by atoms with Gasteiger partial charge in [-0.15, -0.1) is 0 Å². The number of aromatic nitrogens is 1. The summed E-state index contributed by atoms with van der Waals surface area (Å²) >= 11 is 0. The van der Waals surface area contributed by atoms with Gasteiger partial charge in [-0.3, -0.25) is 0 Å². The second-order valence-electron chi connectivity index (χ2n) is 3.30. The Hall–Kier alpha value is -1.55. The third-order valence-corrected chi connectivity index (χ3v) is 4.11. The molecule has 15 heavy (non-hydrogen) atoms. The van der Waals surface area contributed by atoms with Crippen LogP contribution < -0.4 is 0 Å². The Balaban J connectivity index is 2.62. The van der Waals surface area contributed by atoms with Crippen molar-refractivity contribution in [1.82, 2.24) is 4.98 Å². The first kappa shape index (κ1) is 9.98. The van der Waals surface area contributed by atoms with E-state index in [2.05, 4.69) is 4.98 Å². The van der Waals surface area contributed by atoms with Crippen LogP contribution in [0.15, 0.2) is 52.5 Å². The second-order valence-corrected chi connectivity index (χ2v) is 5.19. The van der Waals surface area contributed by atoms with E-state index in [0.29, 0.717) is 4.90 Å². The maximum atomic E-state index is 12.1. The van der Waals surface area contributed by atoms with Crippen molar-refractivity contribution in [2.75, 3.05) is 0 Å². The number of hydrogen-bond acceptors (Lipinski definition) is 2. The van der Waals surface area contributed by atoms with Crippen molar-refractivity contribution < 1.29 is 8.42 Å². The van der Waals surface area contributed by atoms with E-state index in [9.17, 15) is 8.42 Å². The summed E-state index contributed by atoms with van der Waals surface area (Å²) in [5.74, 6) is 0. The average molecular weight is 221 g/mol. The molecular weight excluding hydrogens is 210 g/mol. The van der Waals surface area contributed by atoms with Crippen molar-refractivity contribution in [2.24, 2.45) is 0 Å². The summed E-state index contributed by atoms with van der Waals surface area (Å²) in [5.41, 5.74) is 0.757. The van der Waals surface area contributed by atoms with Gasteiger partial charge in [-0.25, -0.2) is 8.42 Å². The van der Waals surface area contributed by atoms with Gasteiger partial charge in [-0.1, -0.05) is 18.2 Å². The molecule has 78 valence electrons. The lowest BCUT2D eigenvalue weighted by molar-refractivity contribution is 0.592. The summed E-state index contributed by atoms with van der Waals surface area (Å²) in [5, 5.41) is 0.233. The number of rotatable bonds is 2. The molecule has 2 aromatic rings. The highest BCUT2D eigenvalue weighted by atomic mass is 32.2. The highest BCUT2D eigenvalue weighted by Gasteiger charge is 2.19. The Kier molecular flexibility index (Phi) is 2.36. The van der Waals surface area contributed by atoms with Gasteiger partial charge in [0.2, 0.25) is 9.84 Å². The summed E-state index contributed by atoms with van der Waals surface area (Å²) < 4.78 is 24.2. The fourth-order valence-electron chi connectivity index (χ4n) is 1.46. The van der Waals surface area contributed by atoms with Crippen molar-refractivity contribution in [3.63, 3.8) is 0 Å². The van der Waals surface area contributed by atoms with Gasteiger partial charge < -0.3 is 4.98 Å². The van der Waals surface area contributed by atoms with Gasteiger partial charge in [0, 0.05) is 6.20 Å². The molecule has 0 aliphatic heterocycles. The van der Waals surface area contributed by atoms with E-state index in [1.165, 1.54) is 0 Å². The van der Waals surface area contributed by atoms with E-state index in [0.717, 1.165) is 5.56 Å². The summed E-state index contributed by atoms with van der Waals surface area (Å²) in [6, 6.07) is 10.2. The molecule has 0 atom stereocenters. The third-order valence-electron chi connectivity index (χ3n) is 2.24. The monoisotopic (exact) mass is 221 g/mol. The zero-order valence-electron chi connectivity index (χ0n) is 8.27. The third kappa shape index (κ3) is 1.68. The standard InChI is InChI=1S/C11H11NO2S/c1-9-5-2-3-6-10(9)15(13,14)11-7-4-8-12-11/h2-8,12H,1H3. The Morgan fingerprint density at radius 2 is 1.80 bits per heavy atom. The average Bonchev–Trinajstić information content (AvgIpc) is 2.71. The lowest BCUT2D eigenvalue weighted by Gasteiger charge is -2.04. The number of hydrogen-bond donors (Lipinski definition) is 1. The van der Waals surface area contributed by atoms with Crippen LogP contribution in [-0.4, -0.2) is 13.4 Å². The largest absolute Gasteiger partial charge is 0.352 e. The SMILES string of the molecule is Cc1ccccc1S(=O)(=O)c1ccc[nH]1. The van der Waals surface area contributed by atoms with Gasteiger partial charge in [-0.05, 0) is 30.7 Å². The van der Waals surface area contributed by atoms with Crippen LogP contribution in [0.5, 0.6) is 0 Å². The molecule has 4 heteroatoms. The fraction of sp³-hybridized carbons (Fsp3) is 0.0909. The maximum absolute atomic E-state index is 12.1. The summed E-state index contributed by atoms with van der Waals surface area (Å²) in [6.45, 7) is 1.79. The van der Waals surface area contributed by atoms with E-state index < -0.39 is 9.84 Å². The number of sulfone groups is 1. The van der Waals surface area contributed by atoms with Crippen LogP contribution in [0.2, 0.25) is 0 Å². The van der Waals surface area contributed by atoms with Crippen LogP contribution in [0, 0.1) is 6.92 Å². The van der Waals surface area contributed by atoms with Crippen molar-refractivity contribution in [3.8, 4) is 0 Å². The van der Waals surface area contributed by atoms with Crippen molar-refractivity contribution in [2.45, 2.75) is 16.8 Å². The van der Waals surface area contributed by atoms with E-state index in [1.807, 2.05) is 6.07 Å². The van der Waals surface area contributed by atoms with Gasteiger partial charge in [0.05, 0.1) is 4.90 Å². The second kappa shape index (κ2) is 3.55. The van der Waals surface area contributed by atoms with Crippen LogP contribution in [0.4, 0.5) is 0 Å². The quantitative estimate of drug-likeness (QED) is 0.844. The number of aromatic amines is 1. The summed E-state index contributed by atoms with van der Waals surface area (Å²) in [4.78, 5) is 3.07. The van der Waals surface area contributed by atoms with Crippen molar-refractivity contribution in [1.29, 1.82) is 0 Å². The molecule has 0 spiro atoms. The maximum Gasteiger partial charge on any atom is 0.222 e. The minimum Gasteiger partial charge on any atom is -0.352 e. The Bertz CT molecular complexity index is 556. The molecule has 3 nitrogen and oxygen atoms in total. The first-order valence-electron chi connectivity index (χ1n) is 4.56. The molecule has 0 aliphatic rings. The lowest BCUT2D eigenvalue weighted by atomic mass is 10.2. The van der Waals surface area contributed by atoms with Crippen LogP contribution in [-0.2, 0) is 9.84 Å². The molecule has 2 rings (SSSR count). The lowest BCUT2D eigenvalue weighted by Crippen LogP contribution is -2.03. The molecule has 0 fully saturated rings. The summed E-state index contributed by atoms with van der Waals surface area (Å²) in [6.07, 6.45) is 1.60. The van der Waals surface area contributed by atoms with E-state index in [-0.39, 0.29) is 5.03 Å². The molecule has 1 heterocycles. The molecule has 1 aromatic heterocycles. The number of benzene rings is 1. The molecule has 1 aromatic carbocycles. The van der Waals surface area contributed by atoms with E-state index in [4.69, 9.17) is 0 Å². The Morgan fingerprint density at radius 1 is 1.07 bits per heavy atom. The molecular formula is C11H11NO2S. The molecule has 0 amide bonds. The fourth-order valence-corrected chi connectivity index (χ4v) is 2.92. The first-order valence-corrected chi connectivity index (χ1v) is 6.05. The van der Waals surface area contributed by atoms with E-state index >= 15 is 0 Å². The topological polar surface area (TPSA) is 49.9 Å². The zero-order chi connectivity index (χ0) is 10.9. The Morgan fingerprint density at radius 3 is 2.40 bits per heavy atom. The summed E-state index contributed by atoms with van der Waals surface area (Å²) in [7, 11) is -3.38. The van der Waals surface area contributed by atoms with Crippen LogP contribution in [0.1, 0.15) is 5.56 Å². The molecule has 0 unspecified atom stereocenters. The first-order chi connectivity index (χ1) is 7.12. The highest BCUT2D eigenvalue weighted by molar-refractivity contribution is 7.91. The predicted octanol–water partition coefficient (Wildman–Crippen LogP) is 2.16. The van der Waals surface area contributed by atoms with Gasteiger partial charge >= 0.3 is 0 Å². The zero-order valence-corrected chi connectivity index (χ0v) is 9.08. The highest BCUT2D eigenvalue weighted by Crippen LogP contribution is 2.21. The van der Waals surface area contributed by atoms with Crippen LogP contribution in [0.25, 0.3) is 0 Å². The number of H-pyrrole nitrogens is 1. The smallest absolute Gasteiger partial charge is 0.222 e. The van der Waals surface area contributed by atoms with Gasteiger partial charge in [0.1, 0.15) is 5.03 Å². The van der Waals surface area contributed by atoms with Crippen molar-refractivity contribution >= 4 is 9.84 Å². The molecule has 0 radical (unpaired) electrons. The minimum absolute atomic E-state index is 0.233. The molecule has 0 saturated heterocycles. The van der Waals surface area contributed by atoms with Gasteiger partial charge in [0.25, 0.3) is 0 Å². The molecule has 0 bridgehead atoms. The number of nitrogens with one attached hydrogen (secondary N) is 1. The minimum atomic E-state index is -3.38. The molecule has 0 saturated carbocycles. The van der Waals surface area contributed by atoms with Crippen molar-refractivity contribution in [3.05, 3.63) is 48.2 Å². The Labute approximate surface area is 88.7 Å². The van der Waals surface area contributed by atoms with Crippen LogP contribution >= 0.6 is 0 Å². The predicted molar refractivity (Wildman–Crippen MR) is 57.4 cm³/mol. The van der Waals surface area contributed by atoms with E-state index in [1.54, 1.807) is 43.5 Å². The van der Waals surface area contributed by atoms with Gasteiger partial charge in [0.15, 0.2) is 0 Å². The van der Waals surface area contributed by atoms with Gasteiger partial charge in [-0.2, -0.15) is 0 Å². The number of aryl methyl sites for hydroxylation is 1. The normalized spacial score (nSPS) is 11.5. The van der Waals surface area contributed by atoms with Crippen LogP contribution in [0.3, 0.4) is 0 Å². The molecule has 0 aliphatic carbocycles. The molecule has 1 N–H and O–H groups in total.